The van der Waals surface area contributed by atoms with Crippen LogP contribution < -0.4 is 0 Å². The summed E-state index contributed by atoms with van der Waals surface area (Å²) in [6, 6.07) is 3.02. The van der Waals surface area contributed by atoms with Crippen molar-refractivity contribution < 1.29 is 18.3 Å². The van der Waals surface area contributed by atoms with Crippen LogP contribution in [0.5, 0.6) is 0 Å². The molecule has 1 aromatic heterocycles. The van der Waals surface area contributed by atoms with Crippen LogP contribution in [0.15, 0.2) is 29.4 Å². The van der Waals surface area contributed by atoms with Crippen molar-refractivity contribution in [2.24, 2.45) is 11.3 Å². The van der Waals surface area contributed by atoms with Crippen molar-refractivity contribution in [2.45, 2.75) is 25.2 Å². The summed E-state index contributed by atoms with van der Waals surface area (Å²) in [4.78, 5) is 15.4. The third kappa shape index (κ3) is 2.31. The van der Waals surface area contributed by atoms with Gasteiger partial charge in [0.1, 0.15) is 4.90 Å². The van der Waals surface area contributed by atoms with E-state index in [1.54, 1.807) is 6.07 Å². The Labute approximate surface area is 118 Å². The maximum absolute atomic E-state index is 12.5. The van der Waals surface area contributed by atoms with Gasteiger partial charge in [0.2, 0.25) is 10.0 Å². The average Bonchev–Trinajstić information content (AvgIpc) is 2.87. The van der Waals surface area contributed by atoms with Gasteiger partial charge in [0.15, 0.2) is 0 Å². The van der Waals surface area contributed by atoms with Gasteiger partial charge in [-0.25, -0.2) is 8.42 Å². The molecule has 1 aliphatic rings. The molecule has 2 rings (SSSR count). The van der Waals surface area contributed by atoms with E-state index in [4.69, 9.17) is 0 Å². The van der Waals surface area contributed by atoms with Gasteiger partial charge in [0, 0.05) is 25.5 Å². The molecule has 0 aliphatic carbocycles. The molecule has 0 aromatic carbocycles. The largest absolute Gasteiger partial charge is 0.481 e. The summed E-state index contributed by atoms with van der Waals surface area (Å²) in [5.74, 6) is -1.06. The van der Waals surface area contributed by atoms with Crippen LogP contribution in [-0.4, -0.2) is 41.9 Å². The lowest BCUT2D eigenvalue weighted by atomic mass is 9.77. The third-order valence-electron chi connectivity index (χ3n) is 4.07. The van der Waals surface area contributed by atoms with Gasteiger partial charge in [-0.1, -0.05) is 13.8 Å². The van der Waals surface area contributed by atoms with Crippen LogP contribution in [0.3, 0.4) is 0 Å². The summed E-state index contributed by atoms with van der Waals surface area (Å²) in [5.41, 5.74) is -1.00. The van der Waals surface area contributed by atoms with Gasteiger partial charge in [0.25, 0.3) is 0 Å². The summed E-state index contributed by atoms with van der Waals surface area (Å²) in [7, 11) is -3.67. The molecule has 1 aliphatic heterocycles. The topological polar surface area (TPSA) is 87.6 Å². The van der Waals surface area contributed by atoms with Crippen LogP contribution in [0.1, 0.15) is 20.3 Å². The van der Waals surface area contributed by atoms with Gasteiger partial charge >= 0.3 is 5.97 Å². The monoisotopic (exact) mass is 298 g/mol. The Bertz CT molecular complexity index is 600. The molecule has 0 saturated carbocycles. The fraction of sp³-hybridized carbons (Fsp3) is 0.538. The molecular formula is C13H18N2O4S. The first-order chi connectivity index (χ1) is 9.30. The molecule has 20 heavy (non-hydrogen) atoms. The Hall–Kier alpha value is -1.47. The van der Waals surface area contributed by atoms with Crippen LogP contribution in [0, 0.1) is 11.3 Å². The van der Waals surface area contributed by atoms with Crippen molar-refractivity contribution in [1.29, 1.82) is 0 Å². The van der Waals surface area contributed by atoms with Crippen molar-refractivity contribution in [1.82, 2.24) is 9.29 Å². The predicted molar refractivity (Wildman–Crippen MR) is 72.5 cm³/mol. The summed E-state index contributed by atoms with van der Waals surface area (Å²) in [6.07, 6.45) is 3.11. The molecule has 7 heteroatoms. The van der Waals surface area contributed by atoms with Crippen LogP contribution in [0.2, 0.25) is 0 Å². The summed E-state index contributed by atoms with van der Waals surface area (Å²) in [5, 5.41) is 9.45. The highest BCUT2D eigenvalue weighted by molar-refractivity contribution is 7.89. The zero-order valence-corrected chi connectivity index (χ0v) is 12.3. The number of pyridine rings is 1. The molecule has 1 N–H and O–H groups in total. The van der Waals surface area contributed by atoms with Crippen LogP contribution >= 0.6 is 0 Å². The Morgan fingerprint density at radius 2 is 2.20 bits per heavy atom. The number of carboxylic acid groups (broad SMARTS) is 1. The molecule has 1 fully saturated rings. The number of aromatic nitrogens is 1. The summed E-state index contributed by atoms with van der Waals surface area (Å²) in [6.45, 7) is 3.86. The minimum Gasteiger partial charge on any atom is -0.481 e. The first-order valence-electron chi connectivity index (χ1n) is 6.44. The van der Waals surface area contributed by atoms with Crippen molar-refractivity contribution in [3.05, 3.63) is 24.5 Å². The summed E-state index contributed by atoms with van der Waals surface area (Å²) >= 11 is 0. The van der Waals surface area contributed by atoms with Crippen molar-refractivity contribution in [3.8, 4) is 0 Å². The van der Waals surface area contributed by atoms with Crippen molar-refractivity contribution >= 4 is 16.0 Å². The lowest BCUT2D eigenvalue weighted by molar-refractivity contribution is -0.150. The smallest absolute Gasteiger partial charge is 0.311 e. The fourth-order valence-corrected chi connectivity index (χ4v) is 4.02. The van der Waals surface area contributed by atoms with Gasteiger partial charge in [0.05, 0.1) is 5.41 Å². The molecule has 1 aromatic rings. The lowest BCUT2D eigenvalue weighted by Gasteiger charge is -2.28. The zero-order chi connectivity index (χ0) is 15.0. The number of rotatable bonds is 4. The molecular weight excluding hydrogens is 280 g/mol. The molecule has 6 nitrogen and oxygen atoms in total. The number of nitrogens with zero attached hydrogens (tertiary/aromatic N) is 2. The molecule has 0 amide bonds. The number of hydrogen-bond donors (Lipinski definition) is 1. The highest BCUT2D eigenvalue weighted by atomic mass is 32.2. The highest BCUT2D eigenvalue weighted by Gasteiger charge is 2.50. The van der Waals surface area contributed by atoms with E-state index in [1.165, 1.54) is 22.8 Å². The Morgan fingerprint density at radius 3 is 2.65 bits per heavy atom. The number of sulfonamides is 1. The second-order valence-electron chi connectivity index (χ2n) is 5.39. The van der Waals surface area contributed by atoms with Gasteiger partial charge < -0.3 is 5.11 Å². The zero-order valence-electron chi connectivity index (χ0n) is 11.5. The quantitative estimate of drug-likeness (QED) is 0.902. The maximum Gasteiger partial charge on any atom is 0.311 e. The summed E-state index contributed by atoms with van der Waals surface area (Å²) < 4.78 is 26.2. The molecule has 1 atom stereocenters. The van der Waals surface area contributed by atoms with E-state index in [1.807, 2.05) is 13.8 Å². The van der Waals surface area contributed by atoms with Crippen LogP contribution in [0.25, 0.3) is 0 Å². The van der Waals surface area contributed by atoms with Crippen LogP contribution in [0.4, 0.5) is 0 Å². The van der Waals surface area contributed by atoms with Gasteiger partial charge in [-0.05, 0) is 24.5 Å². The Morgan fingerprint density at radius 1 is 1.50 bits per heavy atom. The lowest BCUT2D eigenvalue weighted by Crippen LogP contribution is -2.40. The van der Waals surface area contributed by atoms with E-state index in [2.05, 4.69) is 4.98 Å². The first-order valence-corrected chi connectivity index (χ1v) is 7.88. The van der Waals surface area contributed by atoms with E-state index >= 15 is 0 Å². The standard InChI is InChI=1S/C13H18N2O4S/c1-10(2)13(12(16)17)5-7-15(9-13)20(18,19)11-4-3-6-14-8-11/h3-4,6,8,10H,5,7,9H2,1-2H3,(H,16,17). The molecule has 110 valence electrons. The van der Waals surface area contributed by atoms with E-state index in [0.717, 1.165) is 0 Å². The van der Waals surface area contributed by atoms with Gasteiger partial charge in [-0.2, -0.15) is 4.31 Å². The third-order valence-corrected chi connectivity index (χ3v) is 5.90. The second kappa shape index (κ2) is 5.14. The number of hydrogen-bond acceptors (Lipinski definition) is 4. The molecule has 1 saturated heterocycles. The minimum absolute atomic E-state index is 0.0111. The molecule has 0 radical (unpaired) electrons. The van der Waals surface area contributed by atoms with E-state index < -0.39 is 21.4 Å². The molecule has 1 unspecified atom stereocenters. The maximum atomic E-state index is 12.5. The fourth-order valence-electron chi connectivity index (χ4n) is 2.54. The predicted octanol–water partition coefficient (Wildman–Crippen LogP) is 1.20. The number of carboxylic acids is 1. The van der Waals surface area contributed by atoms with Crippen molar-refractivity contribution in [3.63, 3.8) is 0 Å². The Kier molecular flexibility index (Phi) is 3.84. The van der Waals surface area contributed by atoms with Crippen LogP contribution in [-0.2, 0) is 14.8 Å². The van der Waals surface area contributed by atoms with Gasteiger partial charge in [-0.3, -0.25) is 9.78 Å². The number of carbonyl (C=O) groups is 1. The van der Waals surface area contributed by atoms with Crippen molar-refractivity contribution in [2.75, 3.05) is 13.1 Å². The van der Waals surface area contributed by atoms with E-state index in [-0.39, 0.29) is 23.9 Å². The van der Waals surface area contributed by atoms with Gasteiger partial charge in [-0.15, -0.1) is 0 Å². The first kappa shape index (κ1) is 14.9. The molecule has 0 spiro atoms. The average molecular weight is 298 g/mol. The normalized spacial score (nSPS) is 24.1. The highest BCUT2D eigenvalue weighted by Crippen LogP contribution is 2.40. The van der Waals surface area contributed by atoms with E-state index in [0.29, 0.717) is 6.42 Å². The molecule has 0 bridgehead atoms. The minimum atomic E-state index is -3.67. The number of aliphatic carboxylic acids is 1. The Balaban J connectivity index is 2.32. The molecule has 2 heterocycles. The SMILES string of the molecule is CC(C)C1(C(=O)O)CCN(S(=O)(=O)c2cccnc2)C1. The second-order valence-corrected chi connectivity index (χ2v) is 7.33. The van der Waals surface area contributed by atoms with E-state index in [9.17, 15) is 18.3 Å².